The first-order valence-corrected chi connectivity index (χ1v) is 7.52. The lowest BCUT2D eigenvalue weighted by Crippen LogP contribution is -2.00. The number of methoxy groups -OCH3 is 2. The van der Waals surface area contributed by atoms with Gasteiger partial charge in [-0.05, 0) is 36.6 Å². The lowest BCUT2D eigenvalue weighted by molar-refractivity contribution is 0.351. The molecule has 2 aromatic rings. The maximum Gasteiger partial charge on any atom is 0.163 e. The van der Waals surface area contributed by atoms with Crippen molar-refractivity contribution in [3.05, 3.63) is 58.4 Å². The number of hydrogen-bond donors (Lipinski definition) is 0. The molecule has 0 saturated carbocycles. The minimum atomic E-state index is -0.326. The molecule has 0 radical (unpaired) electrons. The smallest absolute Gasteiger partial charge is 0.163 e. The van der Waals surface area contributed by atoms with Crippen molar-refractivity contribution < 1.29 is 13.9 Å². The zero-order valence-electron chi connectivity index (χ0n) is 12.5. The van der Waals surface area contributed by atoms with Gasteiger partial charge in [0.1, 0.15) is 5.82 Å². The van der Waals surface area contributed by atoms with Crippen LogP contribution in [0, 0.1) is 19.7 Å². The predicted molar refractivity (Wildman–Crippen MR) is 86.2 cm³/mol. The van der Waals surface area contributed by atoms with Gasteiger partial charge in [-0.3, -0.25) is 0 Å². The lowest BCUT2D eigenvalue weighted by Gasteiger charge is -2.16. The molecule has 0 saturated heterocycles. The van der Waals surface area contributed by atoms with Gasteiger partial charge in [-0.15, -0.1) is 0 Å². The molecule has 0 aliphatic carbocycles. The summed E-state index contributed by atoms with van der Waals surface area (Å²) in [6.07, 6.45) is 0. The van der Waals surface area contributed by atoms with Gasteiger partial charge in [-0.1, -0.05) is 34.1 Å². The number of benzene rings is 2. The van der Waals surface area contributed by atoms with Crippen LogP contribution in [0.25, 0.3) is 0 Å². The Morgan fingerprint density at radius 3 is 2.14 bits per heavy atom. The molecule has 112 valence electrons. The molecule has 0 heterocycles. The van der Waals surface area contributed by atoms with E-state index in [-0.39, 0.29) is 10.6 Å². The zero-order valence-corrected chi connectivity index (χ0v) is 14.1. The molecular weight excluding hydrogens is 335 g/mol. The Hall–Kier alpha value is -1.55. The molecule has 0 spiro atoms. The summed E-state index contributed by atoms with van der Waals surface area (Å²) < 4.78 is 24.7. The van der Waals surface area contributed by atoms with Crippen molar-refractivity contribution in [2.45, 2.75) is 18.7 Å². The number of hydrogen-bond acceptors (Lipinski definition) is 2. The molecule has 1 unspecified atom stereocenters. The summed E-state index contributed by atoms with van der Waals surface area (Å²) in [5, 5.41) is 0. The van der Waals surface area contributed by atoms with E-state index >= 15 is 0 Å². The van der Waals surface area contributed by atoms with Crippen LogP contribution in [0.1, 0.15) is 27.1 Å². The van der Waals surface area contributed by atoms with Crippen LogP contribution >= 0.6 is 15.9 Å². The summed E-state index contributed by atoms with van der Waals surface area (Å²) >= 11 is 3.58. The fraction of sp³-hybridized carbons (Fsp3) is 0.294. The van der Waals surface area contributed by atoms with Crippen molar-refractivity contribution in [1.82, 2.24) is 0 Å². The van der Waals surface area contributed by atoms with E-state index in [0.29, 0.717) is 17.1 Å². The van der Waals surface area contributed by atoms with Crippen LogP contribution in [0.4, 0.5) is 4.39 Å². The van der Waals surface area contributed by atoms with Crippen LogP contribution in [0.15, 0.2) is 30.3 Å². The monoisotopic (exact) mass is 352 g/mol. The van der Waals surface area contributed by atoms with E-state index in [1.165, 1.54) is 24.3 Å². The third kappa shape index (κ3) is 3.21. The molecule has 0 aromatic heterocycles. The molecule has 0 fully saturated rings. The van der Waals surface area contributed by atoms with Crippen LogP contribution in [0.2, 0.25) is 0 Å². The van der Waals surface area contributed by atoms with Gasteiger partial charge in [-0.2, -0.15) is 0 Å². The molecule has 0 amide bonds. The van der Waals surface area contributed by atoms with Crippen LogP contribution in [-0.2, 0) is 0 Å². The molecule has 21 heavy (non-hydrogen) atoms. The Balaban J connectivity index is 2.47. The van der Waals surface area contributed by atoms with Crippen molar-refractivity contribution in [3.8, 4) is 11.5 Å². The summed E-state index contributed by atoms with van der Waals surface area (Å²) in [6, 6.07) is 9.12. The van der Waals surface area contributed by atoms with Crippen molar-refractivity contribution in [1.29, 1.82) is 0 Å². The van der Waals surface area contributed by atoms with Gasteiger partial charge in [-0.25, -0.2) is 4.39 Å². The molecule has 0 aliphatic rings. The Bertz CT molecular complexity index is 655. The Morgan fingerprint density at radius 1 is 0.952 bits per heavy atom. The molecule has 1 atom stereocenters. The maximum absolute atomic E-state index is 14.3. The average molecular weight is 353 g/mol. The number of aryl methyl sites for hydroxylation is 2. The van der Waals surface area contributed by atoms with Gasteiger partial charge < -0.3 is 9.47 Å². The average Bonchev–Trinajstić information content (AvgIpc) is 2.49. The van der Waals surface area contributed by atoms with Crippen LogP contribution in [0.3, 0.4) is 0 Å². The summed E-state index contributed by atoms with van der Waals surface area (Å²) in [5.41, 5.74) is 3.92. The van der Waals surface area contributed by atoms with Gasteiger partial charge >= 0.3 is 0 Å². The van der Waals surface area contributed by atoms with Gasteiger partial charge in [0.25, 0.3) is 0 Å². The quantitative estimate of drug-likeness (QED) is 0.725. The highest BCUT2D eigenvalue weighted by Crippen LogP contribution is 2.38. The molecule has 2 aromatic carbocycles. The highest BCUT2D eigenvalue weighted by molar-refractivity contribution is 9.09. The molecule has 0 N–H and O–H groups in total. The highest BCUT2D eigenvalue weighted by atomic mass is 79.9. The fourth-order valence-electron chi connectivity index (χ4n) is 2.17. The number of halogens is 2. The number of rotatable bonds is 4. The van der Waals surface area contributed by atoms with Crippen LogP contribution < -0.4 is 9.47 Å². The normalized spacial score (nSPS) is 12.1. The fourth-order valence-corrected chi connectivity index (χ4v) is 2.80. The van der Waals surface area contributed by atoms with Gasteiger partial charge in [0.15, 0.2) is 11.5 Å². The summed E-state index contributed by atoms with van der Waals surface area (Å²) in [5.74, 6) is 0.577. The first-order valence-electron chi connectivity index (χ1n) is 6.60. The Labute approximate surface area is 133 Å². The van der Waals surface area contributed by atoms with E-state index < -0.39 is 0 Å². The second-order valence-corrected chi connectivity index (χ2v) is 5.85. The Kier molecular flexibility index (Phi) is 4.88. The van der Waals surface area contributed by atoms with E-state index in [9.17, 15) is 4.39 Å². The third-order valence-corrected chi connectivity index (χ3v) is 4.62. The van der Waals surface area contributed by atoms with Gasteiger partial charge in [0, 0.05) is 11.6 Å². The Morgan fingerprint density at radius 2 is 1.57 bits per heavy atom. The highest BCUT2D eigenvalue weighted by Gasteiger charge is 2.19. The minimum absolute atomic E-state index is 0.239. The second-order valence-electron chi connectivity index (χ2n) is 4.93. The molecule has 2 rings (SSSR count). The SMILES string of the molecule is COc1cc(F)c(C(Br)c2ccc(C)c(C)c2)cc1OC. The number of alkyl halides is 1. The van der Waals surface area contributed by atoms with Gasteiger partial charge in [0.05, 0.1) is 19.0 Å². The molecule has 4 heteroatoms. The second kappa shape index (κ2) is 6.48. The van der Waals surface area contributed by atoms with Crippen molar-refractivity contribution >= 4 is 15.9 Å². The number of ether oxygens (including phenoxy) is 2. The van der Waals surface area contributed by atoms with Crippen molar-refractivity contribution in [2.24, 2.45) is 0 Å². The minimum Gasteiger partial charge on any atom is -0.493 e. The lowest BCUT2D eigenvalue weighted by atomic mass is 9.99. The van der Waals surface area contributed by atoms with E-state index in [2.05, 4.69) is 28.9 Å². The zero-order chi connectivity index (χ0) is 15.6. The molecule has 0 bridgehead atoms. The molecular formula is C17H18BrFO2. The maximum atomic E-state index is 14.3. The topological polar surface area (TPSA) is 18.5 Å². The first kappa shape index (κ1) is 15.8. The van der Waals surface area contributed by atoms with Gasteiger partial charge in [0.2, 0.25) is 0 Å². The van der Waals surface area contributed by atoms with E-state index in [1.54, 1.807) is 13.2 Å². The summed E-state index contributed by atoms with van der Waals surface area (Å²) in [4.78, 5) is -0.239. The van der Waals surface area contributed by atoms with Crippen LogP contribution in [0.5, 0.6) is 11.5 Å². The standard InChI is InChI=1S/C17H18BrFO2/c1-10-5-6-12(7-11(10)2)17(18)13-8-15(20-3)16(21-4)9-14(13)19/h5-9,17H,1-4H3. The first-order chi connectivity index (χ1) is 9.97. The third-order valence-electron chi connectivity index (χ3n) is 3.60. The van der Waals surface area contributed by atoms with Crippen molar-refractivity contribution in [2.75, 3.05) is 14.2 Å². The van der Waals surface area contributed by atoms with E-state index in [0.717, 1.165) is 5.56 Å². The summed E-state index contributed by atoms with van der Waals surface area (Å²) in [7, 11) is 3.03. The van der Waals surface area contributed by atoms with E-state index in [4.69, 9.17) is 9.47 Å². The summed E-state index contributed by atoms with van der Waals surface area (Å²) in [6.45, 7) is 4.10. The molecule has 0 aliphatic heterocycles. The predicted octanol–water partition coefficient (Wildman–Crippen LogP) is 4.94. The van der Waals surface area contributed by atoms with Crippen molar-refractivity contribution in [3.63, 3.8) is 0 Å². The molecule has 2 nitrogen and oxygen atoms in total. The van der Waals surface area contributed by atoms with E-state index in [1.807, 2.05) is 19.1 Å². The largest absolute Gasteiger partial charge is 0.493 e. The van der Waals surface area contributed by atoms with Crippen LogP contribution in [-0.4, -0.2) is 14.2 Å².